The van der Waals surface area contributed by atoms with Crippen molar-refractivity contribution in [1.29, 1.82) is 0 Å². The summed E-state index contributed by atoms with van der Waals surface area (Å²) >= 11 is 0. The van der Waals surface area contributed by atoms with E-state index in [1.807, 2.05) is 20.8 Å². The Morgan fingerprint density at radius 3 is 1.75 bits per heavy atom. The molecule has 98 valence electrons. The Kier molecular flexibility index (Phi) is 7.68. The maximum atomic E-state index is 11.7. The third-order valence-electron chi connectivity index (χ3n) is 2.70. The minimum Gasteiger partial charge on any atom is -0.369 e. The molecule has 1 N–H and O–H groups in total. The van der Waals surface area contributed by atoms with Crippen molar-refractivity contribution in [2.45, 2.75) is 67.0 Å². The summed E-state index contributed by atoms with van der Waals surface area (Å²) < 4.78 is 5.10. The molecule has 0 saturated heterocycles. The van der Waals surface area contributed by atoms with Crippen LogP contribution in [0.5, 0.6) is 0 Å². The van der Waals surface area contributed by atoms with Gasteiger partial charge < -0.3 is 10.1 Å². The number of amides is 1. The zero-order chi connectivity index (χ0) is 13.6. The van der Waals surface area contributed by atoms with Crippen molar-refractivity contribution in [2.24, 2.45) is 5.41 Å². The Balaban J connectivity index is 0. The second-order valence-corrected chi connectivity index (χ2v) is 5.28. The van der Waals surface area contributed by atoms with Crippen molar-refractivity contribution >= 4 is 5.91 Å². The lowest BCUT2D eigenvalue weighted by Gasteiger charge is -2.31. The van der Waals surface area contributed by atoms with Gasteiger partial charge in [0.15, 0.2) is 0 Å². The Morgan fingerprint density at radius 1 is 1.12 bits per heavy atom. The molecule has 1 atom stereocenters. The maximum absolute atomic E-state index is 11.7. The van der Waals surface area contributed by atoms with E-state index in [2.05, 4.69) is 26.1 Å². The fourth-order valence-electron chi connectivity index (χ4n) is 0.680. The molecule has 3 nitrogen and oxygen atoms in total. The molecule has 0 spiro atoms. The first kappa shape index (κ1) is 17.8. The lowest BCUT2D eigenvalue weighted by molar-refractivity contribution is -0.140. The van der Waals surface area contributed by atoms with Crippen LogP contribution in [0.1, 0.15) is 55.4 Å². The number of ether oxygens (including phenoxy) is 1. The largest absolute Gasteiger partial charge is 0.369 e. The van der Waals surface area contributed by atoms with Crippen LogP contribution in [0, 0.1) is 5.41 Å². The standard InChI is InChI=1S/C11H23NO2.C2H6/c1-8(10(2,3)4)12-9(13)11(5,6)14-7;1-2/h8H,1-7H3,(H,12,13);1-2H3. The number of nitrogens with one attached hydrogen (secondary N) is 1. The Bertz CT molecular complexity index is 204. The highest BCUT2D eigenvalue weighted by Crippen LogP contribution is 2.19. The van der Waals surface area contributed by atoms with Crippen LogP contribution in [-0.4, -0.2) is 24.7 Å². The molecule has 0 aliphatic heterocycles. The summed E-state index contributed by atoms with van der Waals surface area (Å²) in [6.45, 7) is 15.8. The molecular formula is C13H29NO2. The van der Waals surface area contributed by atoms with Gasteiger partial charge >= 0.3 is 0 Å². The number of carbonyl (C=O) groups is 1. The van der Waals surface area contributed by atoms with Gasteiger partial charge in [0.25, 0.3) is 5.91 Å². The third kappa shape index (κ3) is 6.11. The number of methoxy groups -OCH3 is 1. The lowest BCUT2D eigenvalue weighted by Crippen LogP contribution is -2.50. The molecule has 3 heteroatoms. The van der Waals surface area contributed by atoms with Gasteiger partial charge in [-0.25, -0.2) is 0 Å². The highest BCUT2D eigenvalue weighted by atomic mass is 16.5. The van der Waals surface area contributed by atoms with Crippen molar-refractivity contribution in [2.75, 3.05) is 7.11 Å². The van der Waals surface area contributed by atoms with Crippen molar-refractivity contribution in [1.82, 2.24) is 5.32 Å². The fourth-order valence-corrected chi connectivity index (χ4v) is 0.680. The highest BCUT2D eigenvalue weighted by Gasteiger charge is 2.30. The average molecular weight is 231 g/mol. The van der Waals surface area contributed by atoms with Crippen LogP contribution in [0.15, 0.2) is 0 Å². The second kappa shape index (κ2) is 6.89. The Morgan fingerprint density at radius 2 is 1.50 bits per heavy atom. The summed E-state index contributed by atoms with van der Waals surface area (Å²) in [7, 11) is 1.54. The average Bonchev–Trinajstić information content (AvgIpc) is 2.19. The van der Waals surface area contributed by atoms with Gasteiger partial charge in [-0.2, -0.15) is 0 Å². The van der Waals surface area contributed by atoms with Gasteiger partial charge in [0, 0.05) is 13.2 Å². The highest BCUT2D eigenvalue weighted by molar-refractivity contribution is 5.84. The summed E-state index contributed by atoms with van der Waals surface area (Å²) in [5, 5.41) is 2.95. The zero-order valence-electron chi connectivity index (χ0n) is 12.4. The van der Waals surface area contributed by atoms with E-state index in [1.54, 1.807) is 21.0 Å². The summed E-state index contributed by atoms with van der Waals surface area (Å²) in [5.41, 5.74) is -0.682. The number of hydrogen-bond donors (Lipinski definition) is 1. The van der Waals surface area contributed by atoms with E-state index in [0.29, 0.717) is 0 Å². The Hall–Kier alpha value is -0.570. The van der Waals surface area contributed by atoms with Gasteiger partial charge in [-0.3, -0.25) is 4.79 Å². The van der Waals surface area contributed by atoms with Crippen LogP contribution in [0.25, 0.3) is 0 Å². The van der Waals surface area contributed by atoms with E-state index in [1.165, 1.54) is 0 Å². The van der Waals surface area contributed by atoms with Gasteiger partial charge in [0.2, 0.25) is 0 Å². The fraction of sp³-hybridized carbons (Fsp3) is 0.923. The number of rotatable bonds is 3. The number of carbonyl (C=O) groups excluding carboxylic acids is 1. The monoisotopic (exact) mass is 231 g/mol. The van der Waals surface area contributed by atoms with Crippen LogP contribution < -0.4 is 5.32 Å². The maximum Gasteiger partial charge on any atom is 0.251 e. The molecule has 0 heterocycles. The number of hydrogen-bond acceptors (Lipinski definition) is 2. The molecule has 0 aromatic carbocycles. The third-order valence-corrected chi connectivity index (χ3v) is 2.70. The molecule has 0 bridgehead atoms. The van der Waals surface area contributed by atoms with Crippen molar-refractivity contribution in [3.8, 4) is 0 Å². The molecule has 0 radical (unpaired) electrons. The van der Waals surface area contributed by atoms with E-state index in [0.717, 1.165) is 0 Å². The van der Waals surface area contributed by atoms with Crippen LogP contribution in [-0.2, 0) is 9.53 Å². The predicted molar refractivity (Wildman–Crippen MR) is 69.5 cm³/mol. The molecule has 0 rings (SSSR count). The molecule has 0 aliphatic carbocycles. The van der Waals surface area contributed by atoms with E-state index in [4.69, 9.17) is 4.74 Å². The van der Waals surface area contributed by atoms with Crippen LogP contribution in [0.4, 0.5) is 0 Å². The minimum atomic E-state index is -0.750. The summed E-state index contributed by atoms with van der Waals surface area (Å²) in [4.78, 5) is 11.7. The van der Waals surface area contributed by atoms with Gasteiger partial charge in [-0.1, -0.05) is 34.6 Å². The van der Waals surface area contributed by atoms with E-state index in [-0.39, 0.29) is 17.4 Å². The molecule has 0 fully saturated rings. The summed E-state index contributed by atoms with van der Waals surface area (Å²) in [5.74, 6) is -0.0672. The molecule has 1 amide bonds. The molecule has 1 unspecified atom stereocenters. The van der Waals surface area contributed by atoms with Gasteiger partial charge in [0.1, 0.15) is 5.60 Å². The smallest absolute Gasteiger partial charge is 0.251 e. The molecule has 0 saturated carbocycles. The van der Waals surface area contributed by atoms with Crippen molar-refractivity contribution in [3.63, 3.8) is 0 Å². The van der Waals surface area contributed by atoms with E-state index in [9.17, 15) is 4.79 Å². The van der Waals surface area contributed by atoms with Crippen LogP contribution in [0.3, 0.4) is 0 Å². The molecule has 16 heavy (non-hydrogen) atoms. The Labute approximate surface area is 101 Å². The van der Waals surface area contributed by atoms with Crippen LogP contribution >= 0.6 is 0 Å². The summed E-state index contributed by atoms with van der Waals surface area (Å²) in [6.07, 6.45) is 0. The first-order valence-corrected chi connectivity index (χ1v) is 5.97. The second-order valence-electron chi connectivity index (χ2n) is 5.28. The van der Waals surface area contributed by atoms with Gasteiger partial charge in [0.05, 0.1) is 0 Å². The SMILES string of the molecule is CC.COC(C)(C)C(=O)NC(C)C(C)(C)C. The molecular weight excluding hydrogens is 202 g/mol. The van der Waals surface area contributed by atoms with Crippen LogP contribution in [0.2, 0.25) is 0 Å². The van der Waals surface area contributed by atoms with Gasteiger partial charge in [-0.05, 0) is 26.2 Å². The van der Waals surface area contributed by atoms with Crippen molar-refractivity contribution < 1.29 is 9.53 Å². The molecule has 0 aromatic heterocycles. The van der Waals surface area contributed by atoms with E-state index >= 15 is 0 Å². The first-order chi connectivity index (χ1) is 7.11. The normalized spacial score (nSPS) is 13.6. The van der Waals surface area contributed by atoms with Crippen molar-refractivity contribution in [3.05, 3.63) is 0 Å². The molecule has 0 aromatic rings. The van der Waals surface area contributed by atoms with Gasteiger partial charge in [-0.15, -0.1) is 0 Å². The molecule has 0 aliphatic rings. The minimum absolute atomic E-state index is 0.0672. The topological polar surface area (TPSA) is 38.3 Å². The lowest BCUT2D eigenvalue weighted by atomic mass is 9.87. The summed E-state index contributed by atoms with van der Waals surface area (Å²) in [6, 6.07) is 0.129. The first-order valence-electron chi connectivity index (χ1n) is 5.97. The van der Waals surface area contributed by atoms with E-state index < -0.39 is 5.60 Å². The zero-order valence-corrected chi connectivity index (χ0v) is 12.4. The quantitative estimate of drug-likeness (QED) is 0.811. The predicted octanol–water partition coefficient (Wildman–Crippen LogP) is 2.99.